The number of benzene rings is 1. The molecule has 2 unspecified atom stereocenters. The summed E-state index contributed by atoms with van der Waals surface area (Å²) in [7, 11) is -2.63. The molecule has 2 rings (SSSR count). The highest BCUT2D eigenvalue weighted by molar-refractivity contribution is 7.58. The second-order valence-electron chi connectivity index (χ2n) is 9.80. The number of rotatable bonds is 12. The van der Waals surface area contributed by atoms with Crippen LogP contribution in [-0.2, 0) is 23.7 Å². The van der Waals surface area contributed by atoms with Gasteiger partial charge in [0.1, 0.15) is 12.3 Å². The minimum atomic E-state index is -4.11. The summed E-state index contributed by atoms with van der Waals surface area (Å²) < 4.78 is 13.2. The van der Waals surface area contributed by atoms with Gasteiger partial charge in [-0.3, -0.25) is 28.6 Å². The van der Waals surface area contributed by atoms with Crippen LogP contribution in [0.25, 0.3) is 5.57 Å². The highest BCUT2D eigenvalue weighted by Crippen LogP contribution is 2.45. The number of likely N-dealkylation sites (N-methyl/N-ethyl adjacent to an activating group) is 1. The maximum Gasteiger partial charge on any atom is 0.262 e. The Morgan fingerprint density at radius 3 is 2.14 bits per heavy atom. The molecule has 0 saturated heterocycles. The number of hydrogen-bond donors (Lipinski definition) is 3. The molecule has 1 aromatic carbocycles. The van der Waals surface area contributed by atoms with Crippen molar-refractivity contribution in [2.24, 2.45) is 17.8 Å². The lowest BCUT2D eigenvalue weighted by Crippen LogP contribution is -2.49. The molecule has 3 N–H and O–H groups in total. The van der Waals surface area contributed by atoms with Crippen molar-refractivity contribution < 1.29 is 28.6 Å². The van der Waals surface area contributed by atoms with Crippen molar-refractivity contribution in [3.63, 3.8) is 0 Å². The SMILES string of the molecule is CNC(=O)[C@H](CC(C)C)NC(=O)C(CC(C)C)CP(=O)(O)CN1C(=O)C=C(c2ccccc2)C1=O. The third-order valence-corrected chi connectivity index (χ3v) is 7.41. The number of imide groups is 1. The average molecular weight is 506 g/mol. The first-order chi connectivity index (χ1) is 16.3. The van der Waals surface area contributed by atoms with Gasteiger partial charge in [0, 0.05) is 25.2 Å². The molecule has 192 valence electrons. The topological polar surface area (TPSA) is 133 Å². The molecule has 1 aliphatic rings. The average Bonchev–Trinajstić information content (AvgIpc) is 3.05. The van der Waals surface area contributed by atoms with E-state index in [0.29, 0.717) is 18.4 Å². The predicted molar refractivity (Wildman–Crippen MR) is 134 cm³/mol. The predicted octanol–water partition coefficient (Wildman–Crippen LogP) is 2.61. The fraction of sp³-hybridized carbons (Fsp3) is 0.520. The summed E-state index contributed by atoms with van der Waals surface area (Å²) in [4.78, 5) is 62.2. The van der Waals surface area contributed by atoms with E-state index in [4.69, 9.17) is 0 Å². The maximum absolute atomic E-state index is 13.2. The molecule has 35 heavy (non-hydrogen) atoms. The van der Waals surface area contributed by atoms with Crippen molar-refractivity contribution in [1.29, 1.82) is 0 Å². The van der Waals surface area contributed by atoms with Crippen LogP contribution in [0.15, 0.2) is 36.4 Å². The van der Waals surface area contributed by atoms with Crippen molar-refractivity contribution in [3.05, 3.63) is 42.0 Å². The highest BCUT2D eigenvalue weighted by atomic mass is 31.2. The van der Waals surface area contributed by atoms with E-state index in [2.05, 4.69) is 10.6 Å². The van der Waals surface area contributed by atoms with Crippen LogP contribution in [0.2, 0.25) is 0 Å². The molecule has 0 aromatic heterocycles. The quantitative estimate of drug-likeness (QED) is 0.295. The zero-order valence-corrected chi connectivity index (χ0v) is 21.9. The van der Waals surface area contributed by atoms with E-state index in [1.54, 1.807) is 30.3 Å². The standard InChI is InChI=1S/C25H36N3O6P/c1-16(2)11-19(23(30)27-21(12-17(3)4)24(31)26-5)14-35(33,34)15-28-22(29)13-20(25(28)32)18-9-7-6-8-10-18/h6-10,13,16-17,19,21H,11-12,14-15H2,1-5H3,(H,26,31)(H,27,30)(H,33,34)/t19?,21-/m0/s1. The fourth-order valence-electron chi connectivity index (χ4n) is 4.09. The van der Waals surface area contributed by atoms with Gasteiger partial charge < -0.3 is 15.5 Å². The molecule has 0 bridgehead atoms. The van der Waals surface area contributed by atoms with Crippen molar-refractivity contribution in [3.8, 4) is 0 Å². The Labute approximate surface area is 206 Å². The molecule has 1 heterocycles. The van der Waals surface area contributed by atoms with E-state index in [0.717, 1.165) is 11.0 Å². The van der Waals surface area contributed by atoms with Crippen LogP contribution in [-0.4, -0.2) is 59.0 Å². The van der Waals surface area contributed by atoms with Gasteiger partial charge in [-0.05, 0) is 30.2 Å². The van der Waals surface area contributed by atoms with Gasteiger partial charge in [0.15, 0.2) is 0 Å². The van der Waals surface area contributed by atoms with E-state index < -0.39 is 49.5 Å². The molecule has 0 radical (unpaired) electrons. The number of amides is 4. The molecular formula is C25H36N3O6P. The van der Waals surface area contributed by atoms with Crippen LogP contribution in [0.1, 0.15) is 46.1 Å². The third kappa shape index (κ3) is 8.15. The number of nitrogens with zero attached hydrogens (tertiary/aromatic N) is 1. The summed E-state index contributed by atoms with van der Waals surface area (Å²) >= 11 is 0. The van der Waals surface area contributed by atoms with Crippen LogP contribution in [0.4, 0.5) is 0 Å². The highest BCUT2D eigenvalue weighted by Gasteiger charge is 2.39. The smallest absolute Gasteiger partial charge is 0.262 e. The zero-order chi connectivity index (χ0) is 26.3. The van der Waals surface area contributed by atoms with E-state index in [-0.39, 0.29) is 23.3 Å². The van der Waals surface area contributed by atoms with Crippen LogP contribution < -0.4 is 10.6 Å². The molecule has 0 fully saturated rings. The number of nitrogens with one attached hydrogen (secondary N) is 2. The van der Waals surface area contributed by atoms with Crippen LogP contribution in [0.3, 0.4) is 0 Å². The third-order valence-electron chi connectivity index (χ3n) is 5.68. The first kappa shape index (κ1) is 28.5. The second kappa shape index (κ2) is 12.3. The zero-order valence-electron chi connectivity index (χ0n) is 21.0. The lowest BCUT2D eigenvalue weighted by atomic mass is 9.96. The van der Waals surface area contributed by atoms with Gasteiger partial charge in [-0.1, -0.05) is 58.0 Å². The van der Waals surface area contributed by atoms with Gasteiger partial charge in [0.2, 0.25) is 19.2 Å². The largest absolute Gasteiger partial charge is 0.357 e. The van der Waals surface area contributed by atoms with Gasteiger partial charge in [-0.2, -0.15) is 0 Å². The first-order valence-corrected chi connectivity index (χ1v) is 13.8. The minimum absolute atomic E-state index is 0.0377. The summed E-state index contributed by atoms with van der Waals surface area (Å²) in [6, 6.07) is 7.84. The van der Waals surface area contributed by atoms with Crippen molar-refractivity contribution >= 4 is 36.6 Å². The summed E-state index contributed by atoms with van der Waals surface area (Å²) in [5, 5.41) is 5.26. The first-order valence-electron chi connectivity index (χ1n) is 11.8. The summed E-state index contributed by atoms with van der Waals surface area (Å²) in [6.45, 7) is 7.63. The Morgan fingerprint density at radius 1 is 1.00 bits per heavy atom. The molecule has 0 spiro atoms. The lowest BCUT2D eigenvalue weighted by molar-refractivity contribution is -0.135. The van der Waals surface area contributed by atoms with Gasteiger partial charge in [0.25, 0.3) is 11.8 Å². The molecule has 4 amide bonds. The number of hydrogen-bond acceptors (Lipinski definition) is 5. The van der Waals surface area contributed by atoms with Crippen LogP contribution in [0, 0.1) is 17.8 Å². The van der Waals surface area contributed by atoms with Crippen molar-refractivity contribution in [1.82, 2.24) is 15.5 Å². The van der Waals surface area contributed by atoms with E-state index in [9.17, 15) is 28.6 Å². The van der Waals surface area contributed by atoms with Crippen molar-refractivity contribution in [2.75, 3.05) is 19.5 Å². The molecule has 9 nitrogen and oxygen atoms in total. The Kier molecular flexibility index (Phi) is 9.98. The molecule has 0 aliphatic carbocycles. The number of carbonyl (C=O) groups is 4. The molecule has 3 atom stereocenters. The minimum Gasteiger partial charge on any atom is -0.357 e. The van der Waals surface area contributed by atoms with E-state index in [1.807, 2.05) is 27.7 Å². The Hall–Kier alpha value is -2.77. The molecule has 0 saturated carbocycles. The fourth-order valence-corrected chi connectivity index (χ4v) is 5.92. The Balaban J connectivity index is 2.15. The Morgan fingerprint density at radius 2 is 1.60 bits per heavy atom. The molecule has 10 heteroatoms. The molecular weight excluding hydrogens is 469 g/mol. The summed E-state index contributed by atoms with van der Waals surface area (Å²) in [5.74, 6) is -2.82. The molecule has 1 aliphatic heterocycles. The normalized spacial score (nSPS) is 17.3. The molecule has 1 aromatic rings. The van der Waals surface area contributed by atoms with Crippen molar-refractivity contribution in [2.45, 2.75) is 46.6 Å². The monoisotopic (exact) mass is 505 g/mol. The van der Waals surface area contributed by atoms with Gasteiger partial charge >= 0.3 is 0 Å². The number of carbonyl (C=O) groups excluding carboxylic acids is 4. The van der Waals surface area contributed by atoms with E-state index in [1.165, 1.54) is 7.05 Å². The summed E-state index contributed by atoms with van der Waals surface area (Å²) in [6.07, 6.45) is 0.812. The lowest BCUT2D eigenvalue weighted by Gasteiger charge is -2.26. The van der Waals surface area contributed by atoms with E-state index >= 15 is 0 Å². The van der Waals surface area contributed by atoms with Gasteiger partial charge in [-0.15, -0.1) is 0 Å². The maximum atomic E-state index is 13.2. The van der Waals surface area contributed by atoms with Gasteiger partial charge in [0.05, 0.1) is 5.57 Å². The van der Waals surface area contributed by atoms with Gasteiger partial charge in [-0.25, -0.2) is 0 Å². The summed E-state index contributed by atoms with van der Waals surface area (Å²) in [5.41, 5.74) is 0.706. The Bertz CT molecular complexity index is 1020. The second-order valence-corrected chi connectivity index (χ2v) is 12.1. The van der Waals surface area contributed by atoms with Crippen LogP contribution in [0.5, 0.6) is 0 Å². The van der Waals surface area contributed by atoms with Crippen LogP contribution >= 0.6 is 7.37 Å².